The van der Waals surface area contributed by atoms with Gasteiger partial charge in [-0.05, 0) is 18.6 Å². The van der Waals surface area contributed by atoms with E-state index in [4.69, 9.17) is 5.10 Å². The van der Waals surface area contributed by atoms with E-state index in [0.717, 1.165) is 29.7 Å². The van der Waals surface area contributed by atoms with Crippen LogP contribution in [0.2, 0.25) is 0 Å². The Morgan fingerprint density at radius 3 is 2.92 bits per heavy atom. The van der Waals surface area contributed by atoms with E-state index in [1.165, 1.54) is 6.92 Å². The van der Waals surface area contributed by atoms with Gasteiger partial charge in [-0.25, -0.2) is 9.67 Å². The number of hydrogen-bond donors (Lipinski definition) is 1. The maximum absolute atomic E-state index is 12.2. The first kappa shape index (κ1) is 17.4. The molecule has 7 heteroatoms. The van der Waals surface area contributed by atoms with Crippen LogP contribution < -0.4 is 5.32 Å². The minimum absolute atomic E-state index is 0.0207. The number of hydrogen-bond acceptors (Lipinski definition) is 4. The lowest BCUT2D eigenvalue weighted by atomic mass is 10.0. The van der Waals surface area contributed by atoms with Crippen molar-refractivity contribution in [3.63, 3.8) is 0 Å². The van der Waals surface area contributed by atoms with E-state index in [-0.39, 0.29) is 23.7 Å². The maximum atomic E-state index is 12.2. The standard InChI is InChI=1S/C18H25N5O2/c1-12(2)18(25)22-9-6-14(11-22)16-15-5-4-7-20-17(15)23(21-16)10-8-19-13(3)24/h4-5,7,12,14H,6,8-11H2,1-3H3,(H,19,24)/t14-/m1/s1. The van der Waals surface area contributed by atoms with E-state index in [9.17, 15) is 9.59 Å². The Kier molecular flexibility index (Phi) is 5.01. The molecule has 1 fully saturated rings. The van der Waals surface area contributed by atoms with Crippen molar-refractivity contribution in [2.24, 2.45) is 5.92 Å². The maximum Gasteiger partial charge on any atom is 0.225 e. The lowest BCUT2D eigenvalue weighted by Crippen LogP contribution is -2.32. The van der Waals surface area contributed by atoms with Gasteiger partial charge in [0.2, 0.25) is 11.8 Å². The summed E-state index contributed by atoms with van der Waals surface area (Å²) in [6.45, 7) is 7.96. The molecule has 0 unspecified atom stereocenters. The summed E-state index contributed by atoms with van der Waals surface area (Å²) < 4.78 is 1.85. The summed E-state index contributed by atoms with van der Waals surface area (Å²) >= 11 is 0. The largest absolute Gasteiger partial charge is 0.354 e. The quantitative estimate of drug-likeness (QED) is 0.893. The Hall–Kier alpha value is -2.44. The molecule has 1 N–H and O–H groups in total. The number of fused-ring (bicyclic) bond motifs is 1. The summed E-state index contributed by atoms with van der Waals surface area (Å²) in [6.07, 6.45) is 2.68. The molecule has 0 radical (unpaired) electrons. The highest BCUT2D eigenvalue weighted by molar-refractivity contribution is 5.80. The molecule has 2 aromatic heterocycles. The minimum atomic E-state index is -0.0525. The predicted molar refractivity (Wildman–Crippen MR) is 95.0 cm³/mol. The molecule has 0 spiro atoms. The molecule has 7 nitrogen and oxygen atoms in total. The van der Waals surface area contributed by atoms with Gasteiger partial charge in [-0.2, -0.15) is 5.10 Å². The summed E-state index contributed by atoms with van der Waals surface area (Å²) in [4.78, 5) is 29.7. The van der Waals surface area contributed by atoms with Gasteiger partial charge in [-0.3, -0.25) is 9.59 Å². The molecule has 2 amide bonds. The second-order valence-electron chi connectivity index (χ2n) is 6.89. The average molecular weight is 343 g/mol. The number of rotatable bonds is 5. The first-order valence-electron chi connectivity index (χ1n) is 8.82. The second-order valence-corrected chi connectivity index (χ2v) is 6.89. The van der Waals surface area contributed by atoms with Gasteiger partial charge in [0.05, 0.1) is 12.2 Å². The van der Waals surface area contributed by atoms with Gasteiger partial charge in [0, 0.05) is 50.0 Å². The Labute approximate surface area is 147 Å². The van der Waals surface area contributed by atoms with Crippen LogP contribution in [0.1, 0.15) is 38.8 Å². The van der Waals surface area contributed by atoms with Gasteiger partial charge in [0.25, 0.3) is 0 Å². The van der Waals surface area contributed by atoms with Gasteiger partial charge >= 0.3 is 0 Å². The zero-order valence-electron chi connectivity index (χ0n) is 15.0. The van der Waals surface area contributed by atoms with E-state index >= 15 is 0 Å². The average Bonchev–Trinajstić information content (AvgIpc) is 3.19. The molecule has 1 atom stereocenters. The third kappa shape index (κ3) is 3.65. The number of likely N-dealkylation sites (tertiary alicyclic amines) is 1. The van der Waals surface area contributed by atoms with Crippen molar-refractivity contribution < 1.29 is 9.59 Å². The van der Waals surface area contributed by atoms with E-state index in [1.54, 1.807) is 6.20 Å². The third-order valence-electron chi connectivity index (χ3n) is 4.61. The van der Waals surface area contributed by atoms with Crippen LogP contribution in [-0.4, -0.2) is 51.1 Å². The van der Waals surface area contributed by atoms with Crippen molar-refractivity contribution in [3.8, 4) is 0 Å². The van der Waals surface area contributed by atoms with Crippen LogP contribution in [0, 0.1) is 5.92 Å². The zero-order chi connectivity index (χ0) is 18.0. The molecule has 0 aliphatic carbocycles. The smallest absolute Gasteiger partial charge is 0.225 e. The van der Waals surface area contributed by atoms with Gasteiger partial charge < -0.3 is 10.2 Å². The van der Waals surface area contributed by atoms with Crippen molar-refractivity contribution in [2.75, 3.05) is 19.6 Å². The number of aromatic nitrogens is 3. The highest BCUT2D eigenvalue weighted by Crippen LogP contribution is 2.31. The summed E-state index contributed by atoms with van der Waals surface area (Å²) in [6, 6.07) is 3.95. The van der Waals surface area contributed by atoms with E-state index in [1.807, 2.05) is 35.6 Å². The number of carbonyl (C=O) groups is 2. The summed E-state index contributed by atoms with van der Waals surface area (Å²) in [5.74, 6) is 0.405. The molecule has 0 saturated carbocycles. The molecule has 3 heterocycles. The fourth-order valence-electron chi connectivity index (χ4n) is 3.38. The summed E-state index contributed by atoms with van der Waals surface area (Å²) in [7, 11) is 0. The van der Waals surface area contributed by atoms with Gasteiger partial charge in [-0.15, -0.1) is 0 Å². The van der Waals surface area contributed by atoms with Crippen molar-refractivity contribution >= 4 is 22.8 Å². The van der Waals surface area contributed by atoms with Crippen molar-refractivity contribution in [2.45, 2.75) is 39.7 Å². The normalized spacial score (nSPS) is 17.4. The molecule has 25 heavy (non-hydrogen) atoms. The minimum Gasteiger partial charge on any atom is -0.354 e. The molecule has 1 saturated heterocycles. The Morgan fingerprint density at radius 2 is 2.20 bits per heavy atom. The Balaban J connectivity index is 1.82. The first-order chi connectivity index (χ1) is 12.0. The predicted octanol–water partition coefficient (Wildman–Crippen LogP) is 1.54. The summed E-state index contributed by atoms with van der Waals surface area (Å²) in [5, 5.41) is 8.60. The van der Waals surface area contributed by atoms with Crippen molar-refractivity contribution in [1.82, 2.24) is 25.0 Å². The van der Waals surface area contributed by atoms with Gasteiger partial charge in [0.1, 0.15) is 0 Å². The summed E-state index contributed by atoms with van der Waals surface area (Å²) in [5.41, 5.74) is 1.83. The highest BCUT2D eigenvalue weighted by atomic mass is 16.2. The molecular weight excluding hydrogens is 318 g/mol. The topological polar surface area (TPSA) is 80.1 Å². The van der Waals surface area contributed by atoms with E-state index in [0.29, 0.717) is 19.6 Å². The molecule has 2 aromatic rings. The SMILES string of the molecule is CC(=O)NCCn1nc([C@@H]2CCN(C(=O)C(C)C)C2)c2cccnc21. The molecule has 1 aliphatic rings. The van der Waals surface area contributed by atoms with Crippen LogP contribution in [-0.2, 0) is 16.1 Å². The molecule has 0 aromatic carbocycles. The number of nitrogens with zero attached hydrogens (tertiary/aromatic N) is 4. The second kappa shape index (κ2) is 7.21. The van der Waals surface area contributed by atoms with Crippen molar-refractivity contribution in [1.29, 1.82) is 0 Å². The Morgan fingerprint density at radius 1 is 1.40 bits per heavy atom. The third-order valence-corrected chi connectivity index (χ3v) is 4.61. The molecule has 134 valence electrons. The lowest BCUT2D eigenvalue weighted by Gasteiger charge is -2.18. The highest BCUT2D eigenvalue weighted by Gasteiger charge is 2.31. The molecular formula is C18H25N5O2. The van der Waals surface area contributed by atoms with Crippen LogP contribution in [0.3, 0.4) is 0 Å². The fourth-order valence-corrected chi connectivity index (χ4v) is 3.38. The molecule has 1 aliphatic heterocycles. The number of nitrogens with one attached hydrogen (secondary N) is 1. The van der Waals surface area contributed by atoms with Crippen LogP contribution >= 0.6 is 0 Å². The fraction of sp³-hybridized carbons (Fsp3) is 0.556. The van der Waals surface area contributed by atoms with E-state index < -0.39 is 0 Å². The monoisotopic (exact) mass is 343 g/mol. The zero-order valence-corrected chi connectivity index (χ0v) is 15.0. The van der Waals surface area contributed by atoms with Gasteiger partial charge in [0.15, 0.2) is 5.65 Å². The Bertz CT molecular complexity index is 783. The number of carbonyl (C=O) groups excluding carboxylic acids is 2. The number of pyridine rings is 1. The lowest BCUT2D eigenvalue weighted by molar-refractivity contribution is -0.133. The van der Waals surface area contributed by atoms with Crippen LogP contribution in [0.15, 0.2) is 18.3 Å². The van der Waals surface area contributed by atoms with Crippen LogP contribution in [0.5, 0.6) is 0 Å². The van der Waals surface area contributed by atoms with Gasteiger partial charge in [-0.1, -0.05) is 13.8 Å². The molecule has 3 rings (SSSR count). The molecule has 0 bridgehead atoms. The van der Waals surface area contributed by atoms with Crippen LogP contribution in [0.25, 0.3) is 11.0 Å². The number of amides is 2. The first-order valence-corrected chi connectivity index (χ1v) is 8.82. The van der Waals surface area contributed by atoms with Crippen LogP contribution in [0.4, 0.5) is 0 Å². The van der Waals surface area contributed by atoms with E-state index in [2.05, 4.69) is 10.3 Å². The van der Waals surface area contributed by atoms with Crippen molar-refractivity contribution in [3.05, 3.63) is 24.0 Å².